The number of amides is 2. The molecule has 0 unspecified atom stereocenters. The van der Waals surface area contributed by atoms with Gasteiger partial charge in [-0.2, -0.15) is 0 Å². The molecule has 0 bridgehead atoms. The van der Waals surface area contributed by atoms with Gasteiger partial charge >= 0.3 is 0 Å². The molecule has 1 fully saturated rings. The first-order valence-corrected chi connectivity index (χ1v) is 7.61. The van der Waals surface area contributed by atoms with E-state index in [0.29, 0.717) is 30.9 Å². The number of nitrogens with zero attached hydrogens (tertiary/aromatic N) is 2. The van der Waals surface area contributed by atoms with E-state index >= 15 is 0 Å². The SMILES string of the molecule is NC(=O)CN1CCCN(C(=O)c2ccc(N)c(Br)c2)CC1. The molecule has 7 heteroatoms. The summed E-state index contributed by atoms with van der Waals surface area (Å²) < 4.78 is 0.721. The normalized spacial score (nSPS) is 16.5. The van der Waals surface area contributed by atoms with Crippen molar-refractivity contribution in [2.75, 3.05) is 38.5 Å². The topological polar surface area (TPSA) is 92.7 Å². The van der Waals surface area contributed by atoms with E-state index in [-0.39, 0.29) is 18.4 Å². The number of hydrogen-bond donors (Lipinski definition) is 2. The third-order valence-corrected chi connectivity index (χ3v) is 4.19. The maximum atomic E-state index is 12.5. The molecule has 0 aromatic heterocycles. The molecule has 1 aliphatic rings. The van der Waals surface area contributed by atoms with Crippen LogP contribution in [0.1, 0.15) is 16.8 Å². The first kappa shape index (κ1) is 15.8. The van der Waals surface area contributed by atoms with Gasteiger partial charge < -0.3 is 16.4 Å². The summed E-state index contributed by atoms with van der Waals surface area (Å²) in [5, 5.41) is 0. The van der Waals surface area contributed by atoms with E-state index in [9.17, 15) is 9.59 Å². The standard InChI is InChI=1S/C14H19BrN4O2/c15-11-8-10(2-3-12(11)16)14(21)19-5-1-4-18(6-7-19)9-13(17)20/h2-3,8H,1,4-7,9,16H2,(H2,17,20). The van der Waals surface area contributed by atoms with Crippen molar-refractivity contribution in [3.63, 3.8) is 0 Å². The smallest absolute Gasteiger partial charge is 0.253 e. The number of nitrogen functional groups attached to an aromatic ring is 1. The third-order valence-electron chi connectivity index (χ3n) is 3.50. The second-order valence-electron chi connectivity index (χ2n) is 5.12. The van der Waals surface area contributed by atoms with E-state index in [0.717, 1.165) is 17.4 Å². The summed E-state index contributed by atoms with van der Waals surface area (Å²) in [6.45, 7) is 2.95. The van der Waals surface area contributed by atoms with Crippen LogP contribution in [0.5, 0.6) is 0 Å². The molecule has 1 aromatic carbocycles. The van der Waals surface area contributed by atoms with Gasteiger partial charge in [0.1, 0.15) is 0 Å². The Balaban J connectivity index is 2.02. The summed E-state index contributed by atoms with van der Waals surface area (Å²) in [5.74, 6) is -0.353. The minimum absolute atomic E-state index is 0.0170. The minimum Gasteiger partial charge on any atom is -0.398 e. The first-order valence-electron chi connectivity index (χ1n) is 6.82. The molecule has 1 saturated heterocycles. The molecule has 21 heavy (non-hydrogen) atoms. The zero-order valence-corrected chi connectivity index (χ0v) is 13.3. The van der Waals surface area contributed by atoms with Crippen molar-refractivity contribution in [2.45, 2.75) is 6.42 Å². The molecule has 6 nitrogen and oxygen atoms in total. The predicted molar refractivity (Wildman–Crippen MR) is 84.7 cm³/mol. The molecule has 1 aliphatic heterocycles. The second-order valence-corrected chi connectivity index (χ2v) is 5.98. The fraction of sp³-hybridized carbons (Fsp3) is 0.429. The van der Waals surface area contributed by atoms with E-state index in [2.05, 4.69) is 15.9 Å². The highest BCUT2D eigenvalue weighted by molar-refractivity contribution is 9.10. The van der Waals surface area contributed by atoms with E-state index in [1.54, 1.807) is 23.1 Å². The van der Waals surface area contributed by atoms with E-state index in [1.165, 1.54) is 0 Å². The van der Waals surface area contributed by atoms with Gasteiger partial charge in [-0.15, -0.1) is 0 Å². The molecule has 0 aliphatic carbocycles. The lowest BCUT2D eigenvalue weighted by molar-refractivity contribution is -0.119. The van der Waals surface area contributed by atoms with Crippen molar-refractivity contribution >= 4 is 33.4 Å². The highest BCUT2D eigenvalue weighted by Crippen LogP contribution is 2.21. The predicted octanol–water partition coefficient (Wildman–Crippen LogP) is 0.665. The number of nitrogens with two attached hydrogens (primary N) is 2. The van der Waals surface area contributed by atoms with Crippen LogP contribution in [0.15, 0.2) is 22.7 Å². The summed E-state index contributed by atoms with van der Waals surface area (Å²) in [6.07, 6.45) is 0.829. The maximum Gasteiger partial charge on any atom is 0.253 e. The Hall–Kier alpha value is -1.60. The molecule has 2 rings (SSSR count). The van der Waals surface area contributed by atoms with Gasteiger partial charge in [0.2, 0.25) is 5.91 Å². The largest absolute Gasteiger partial charge is 0.398 e. The first-order chi connectivity index (χ1) is 9.97. The zero-order chi connectivity index (χ0) is 15.4. The van der Waals surface area contributed by atoms with Crippen molar-refractivity contribution in [2.24, 2.45) is 5.73 Å². The van der Waals surface area contributed by atoms with Crippen LogP contribution in [0.2, 0.25) is 0 Å². The Kier molecular flexibility index (Phi) is 5.19. The summed E-state index contributed by atoms with van der Waals surface area (Å²) in [4.78, 5) is 27.3. The number of carbonyl (C=O) groups is 2. The molecule has 114 valence electrons. The molecule has 1 aromatic rings. The van der Waals surface area contributed by atoms with Gasteiger partial charge in [0.15, 0.2) is 0 Å². The second kappa shape index (κ2) is 6.91. The Bertz CT molecular complexity index is 550. The molecule has 0 saturated carbocycles. The van der Waals surface area contributed by atoms with Crippen LogP contribution in [0.25, 0.3) is 0 Å². The van der Waals surface area contributed by atoms with Crippen LogP contribution in [0, 0.1) is 0 Å². The molecule has 4 N–H and O–H groups in total. The van der Waals surface area contributed by atoms with Crippen LogP contribution >= 0.6 is 15.9 Å². The molecule has 1 heterocycles. The lowest BCUT2D eigenvalue weighted by Crippen LogP contribution is -2.38. The zero-order valence-electron chi connectivity index (χ0n) is 11.7. The van der Waals surface area contributed by atoms with Crippen molar-refractivity contribution < 1.29 is 9.59 Å². The van der Waals surface area contributed by atoms with Gasteiger partial charge in [0, 0.05) is 41.9 Å². The van der Waals surface area contributed by atoms with Crippen molar-refractivity contribution in [3.05, 3.63) is 28.2 Å². The van der Waals surface area contributed by atoms with Gasteiger partial charge in [0.25, 0.3) is 5.91 Å². The molecular weight excluding hydrogens is 336 g/mol. The number of hydrogen-bond acceptors (Lipinski definition) is 4. The van der Waals surface area contributed by atoms with Crippen LogP contribution in [-0.4, -0.2) is 54.3 Å². The Morgan fingerprint density at radius 2 is 1.95 bits per heavy atom. The van der Waals surface area contributed by atoms with E-state index in [4.69, 9.17) is 11.5 Å². The lowest BCUT2D eigenvalue weighted by atomic mass is 10.2. The van der Waals surface area contributed by atoms with Gasteiger partial charge in [0.05, 0.1) is 6.54 Å². The maximum absolute atomic E-state index is 12.5. The van der Waals surface area contributed by atoms with Crippen LogP contribution in [0.3, 0.4) is 0 Å². The van der Waals surface area contributed by atoms with Crippen molar-refractivity contribution in [1.82, 2.24) is 9.80 Å². The number of halogens is 1. The number of rotatable bonds is 3. The Morgan fingerprint density at radius 3 is 2.62 bits per heavy atom. The van der Waals surface area contributed by atoms with Crippen LogP contribution in [0.4, 0.5) is 5.69 Å². The van der Waals surface area contributed by atoms with Gasteiger partial charge in [-0.25, -0.2) is 0 Å². The average Bonchev–Trinajstić information content (AvgIpc) is 2.66. The average molecular weight is 355 g/mol. The Morgan fingerprint density at radius 1 is 1.19 bits per heavy atom. The fourth-order valence-electron chi connectivity index (χ4n) is 2.40. The van der Waals surface area contributed by atoms with Crippen molar-refractivity contribution in [1.29, 1.82) is 0 Å². The highest BCUT2D eigenvalue weighted by Gasteiger charge is 2.21. The van der Waals surface area contributed by atoms with Gasteiger partial charge in [-0.05, 0) is 40.5 Å². The summed E-state index contributed by atoms with van der Waals surface area (Å²) in [5.41, 5.74) is 12.2. The van der Waals surface area contributed by atoms with Crippen LogP contribution in [-0.2, 0) is 4.79 Å². The molecular formula is C14H19BrN4O2. The molecule has 2 amide bonds. The quantitative estimate of drug-likeness (QED) is 0.780. The molecule has 0 atom stereocenters. The van der Waals surface area contributed by atoms with E-state index < -0.39 is 0 Å². The number of carbonyl (C=O) groups excluding carboxylic acids is 2. The number of benzene rings is 1. The van der Waals surface area contributed by atoms with E-state index in [1.807, 2.05) is 4.90 Å². The summed E-state index contributed by atoms with van der Waals surface area (Å²) in [7, 11) is 0. The van der Waals surface area contributed by atoms with Gasteiger partial charge in [-0.1, -0.05) is 0 Å². The lowest BCUT2D eigenvalue weighted by Gasteiger charge is -2.21. The summed E-state index contributed by atoms with van der Waals surface area (Å²) >= 11 is 3.34. The molecule has 0 spiro atoms. The summed E-state index contributed by atoms with van der Waals surface area (Å²) in [6, 6.07) is 5.19. The van der Waals surface area contributed by atoms with Crippen LogP contribution < -0.4 is 11.5 Å². The van der Waals surface area contributed by atoms with Gasteiger partial charge in [-0.3, -0.25) is 14.5 Å². The third kappa shape index (κ3) is 4.18. The molecule has 0 radical (unpaired) electrons. The minimum atomic E-state index is -0.336. The number of anilines is 1. The fourth-order valence-corrected chi connectivity index (χ4v) is 2.77. The highest BCUT2D eigenvalue weighted by atomic mass is 79.9. The monoisotopic (exact) mass is 354 g/mol. The number of primary amides is 1. The Labute approximate surface area is 132 Å². The van der Waals surface area contributed by atoms with Crippen molar-refractivity contribution in [3.8, 4) is 0 Å².